The summed E-state index contributed by atoms with van der Waals surface area (Å²) < 4.78 is 6.76. The lowest BCUT2D eigenvalue weighted by atomic mass is 10.3. The minimum atomic E-state index is -0.165. The molecule has 0 unspecified atom stereocenters. The number of amides is 1. The minimum absolute atomic E-state index is 0.165. The Balaban J connectivity index is 1.64. The summed E-state index contributed by atoms with van der Waals surface area (Å²) in [5.74, 6) is 0.613. The molecule has 0 saturated carbocycles. The van der Waals surface area contributed by atoms with E-state index < -0.39 is 0 Å². The highest BCUT2D eigenvalue weighted by Gasteiger charge is 2.08. The van der Waals surface area contributed by atoms with Gasteiger partial charge in [-0.3, -0.25) is 9.78 Å². The van der Waals surface area contributed by atoms with E-state index in [1.165, 1.54) is 17.5 Å². The van der Waals surface area contributed by atoms with Crippen LogP contribution in [0.5, 0.6) is 5.75 Å². The smallest absolute Gasteiger partial charge is 0.263 e. The number of methoxy groups -OCH3 is 1. The number of nitrogens with zero attached hydrogens (tertiary/aromatic N) is 4. The first kappa shape index (κ1) is 14.2. The molecule has 7 nitrogen and oxygen atoms in total. The highest BCUT2D eigenvalue weighted by Crippen LogP contribution is 2.14. The predicted molar refractivity (Wildman–Crippen MR) is 81.2 cm³/mol. The van der Waals surface area contributed by atoms with Crippen molar-refractivity contribution in [1.82, 2.24) is 25.3 Å². The van der Waals surface area contributed by atoms with E-state index >= 15 is 0 Å². The van der Waals surface area contributed by atoms with E-state index in [1.54, 1.807) is 23.5 Å². The van der Waals surface area contributed by atoms with Crippen LogP contribution in [0.3, 0.4) is 0 Å². The quantitative estimate of drug-likeness (QED) is 0.774. The first-order valence-corrected chi connectivity index (χ1v) is 7.36. The van der Waals surface area contributed by atoms with Crippen LogP contribution in [0.25, 0.3) is 5.69 Å². The van der Waals surface area contributed by atoms with E-state index in [4.69, 9.17) is 4.74 Å². The summed E-state index contributed by atoms with van der Waals surface area (Å²) in [6.45, 7) is 0.312. The molecule has 0 aliphatic rings. The molecule has 1 aromatic carbocycles. The highest BCUT2D eigenvalue weighted by atomic mass is 32.1. The Bertz CT molecular complexity index is 752. The molecule has 0 fully saturated rings. The molecule has 22 heavy (non-hydrogen) atoms. The maximum atomic E-state index is 11.8. The first-order chi connectivity index (χ1) is 10.8. The van der Waals surface area contributed by atoms with Crippen molar-refractivity contribution in [2.24, 2.45) is 0 Å². The maximum Gasteiger partial charge on any atom is 0.263 e. The van der Waals surface area contributed by atoms with Gasteiger partial charge in [-0.25, -0.2) is 4.68 Å². The average molecular weight is 315 g/mol. The van der Waals surface area contributed by atoms with Crippen LogP contribution < -0.4 is 10.1 Å². The number of nitrogens with one attached hydrogen (secondary N) is 1. The molecule has 0 spiro atoms. The summed E-state index contributed by atoms with van der Waals surface area (Å²) in [5, 5.41) is 10.9. The molecule has 0 radical (unpaired) electrons. The molecule has 2 heterocycles. The lowest BCUT2D eigenvalue weighted by Gasteiger charge is -2.02. The number of hydrogen-bond acceptors (Lipinski definition) is 6. The second-order valence-corrected chi connectivity index (χ2v) is 5.29. The van der Waals surface area contributed by atoms with Crippen molar-refractivity contribution in [3.05, 3.63) is 52.7 Å². The summed E-state index contributed by atoms with van der Waals surface area (Å²) in [7, 11) is 1.62. The van der Waals surface area contributed by atoms with Crippen molar-refractivity contribution in [2.75, 3.05) is 7.11 Å². The Morgan fingerprint density at radius 1 is 1.36 bits per heavy atom. The molecule has 0 bridgehead atoms. The van der Waals surface area contributed by atoms with Gasteiger partial charge in [0, 0.05) is 0 Å². The number of carbonyl (C=O) groups excluding carboxylic acids is 1. The van der Waals surface area contributed by atoms with Crippen LogP contribution in [0.4, 0.5) is 0 Å². The second kappa shape index (κ2) is 6.35. The average Bonchev–Trinajstić information content (AvgIpc) is 3.24. The number of ether oxygens (including phenoxy) is 1. The van der Waals surface area contributed by atoms with E-state index in [1.807, 2.05) is 24.3 Å². The predicted octanol–water partition coefficient (Wildman–Crippen LogP) is 1.66. The molecule has 0 aliphatic heterocycles. The topological polar surface area (TPSA) is 81.9 Å². The van der Waals surface area contributed by atoms with Crippen molar-refractivity contribution in [3.8, 4) is 11.4 Å². The van der Waals surface area contributed by atoms with Crippen molar-refractivity contribution >= 4 is 17.2 Å². The van der Waals surface area contributed by atoms with Crippen LogP contribution >= 0.6 is 11.3 Å². The Kier molecular flexibility index (Phi) is 4.10. The lowest BCUT2D eigenvalue weighted by Crippen LogP contribution is -2.21. The Morgan fingerprint density at radius 3 is 2.86 bits per heavy atom. The zero-order valence-electron chi connectivity index (χ0n) is 11.8. The molecule has 3 rings (SSSR count). The number of aromatic nitrogens is 4. The van der Waals surface area contributed by atoms with Gasteiger partial charge >= 0.3 is 0 Å². The van der Waals surface area contributed by atoms with Gasteiger partial charge in [-0.2, -0.15) is 0 Å². The minimum Gasteiger partial charge on any atom is -0.497 e. The molecule has 0 atom stereocenters. The third-order valence-corrected chi connectivity index (χ3v) is 3.74. The maximum absolute atomic E-state index is 11.8. The SMILES string of the molecule is COc1ccc(-n2cc(CNC(=O)c3cncs3)nn2)cc1. The van der Waals surface area contributed by atoms with Crippen molar-refractivity contribution in [2.45, 2.75) is 6.54 Å². The van der Waals surface area contributed by atoms with Crippen LogP contribution in [-0.4, -0.2) is 33.0 Å². The third-order valence-electron chi connectivity index (χ3n) is 2.96. The van der Waals surface area contributed by atoms with E-state index in [9.17, 15) is 4.79 Å². The molecule has 8 heteroatoms. The fraction of sp³-hybridized carbons (Fsp3) is 0.143. The van der Waals surface area contributed by atoms with E-state index in [0.717, 1.165) is 11.4 Å². The number of thiazole rings is 1. The summed E-state index contributed by atoms with van der Waals surface area (Å²) in [6, 6.07) is 7.46. The van der Waals surface area contributed by atoms with Gasteiger partial charge in [0.05, 0.1) is 37.2 Å². The lowest BCUT2D eigenvalue weighted by molar-refractivity contribution is 0.0954. The Morgan fingerprint density at radius 2 is 2.18 bits per heavy atom. The molecular weight excluding hydrogens is 302 g/mol. The first-order valence-electron chi connectivity index (χ1n) is 6.48. The number of benzene rings is 1. The molecule has 112 valence electrons. The van der Waals surface area contributed by atoms with E-state index in [2.05, 4.69) is 20.6 Å². The van der Waals surface area contributed by atoms with E-state index in [0.29, 0.717) is 17.1 Å². The van der Waals surface area contributed by atoms with Gasteiger partial charge in [-0.15, -0.1) is 16.4 Å². The van der Waals surface area contributed by atoms with Gasteiger partial charge in [0.1, 0.15) is 16.3 Å². The zero-order valence-corrected chi connectivity index (χ0v) is 12.6. The van der Waals surface area contributed by atoms with Crippen LogP contribution in [0.1, 0.15) is 15.4 Å². The molecule has 2 aromatic heterocycles. The van der Waals surface area contributed by atoms with Crippen LogP contribution in [-0.2, 0) is 6.54 Å². The van der Waals surface area contributed by atoms with Gasteiger partial charge in [0.2, 0.25) is 0 Å². The van der Waals surface area contributed by atoms with Gasteiger partial charge in [0.15, 0.2) is 0 Å². The van der Waals surface area contributed by atoms with Crippen molar-refractivity contribution in [1.29, 1.82) is 0 Å². The van der Waals surface area contributed by atoms with Crippen LogP contribution in [0, 0.1) is 0 Å². The molecular formula is C14H13N5O2S. The normalized spacial score (nSPS) is 10.4. The van der Waals surface area contributed by atoms with Gasteiger partial charge < -0.3 is 10.1 Å². The van der Waals surface area contributed by atoms with E-state index in [-0.39, 0.29) is 5.91 Å². The number of hydrogen-bond donors (Lipinski definition) is 1. The van der Waals surface area contributed by atoms with Gasteiger partial charge in [0.25, 0.3) is 5.91 Å². The Labute approximate surface area is 130 Å². The third kappa shape index (κ3) is 3.12. The van der Waals surface area contributed by atoms with Crippen molar-refractivity contribution < 1.29 is 9.53 Å². The fourth-order valence-electron chi connectivity index (χ4n) is 1.83. The number of carbonyl (C=O) groups is 1. The van der Waals surface area contributed by atoms with Crippen LogP contribution in [0.2, 0.25) is 0 Å². The highest BCUT2D eigenvalue weighted by molar-refractivity contribution is 7.11. The van der Waals surface area contributed by atoms with Crippen LogP contribution in [0.15, 0.2) is 42.2 Å². The standard InChI is InChI=1S/C14H13N5O2S/c1-21-12-4-2-11(3-5-12)19-8-10(17-18-19)6-16-14(20)13-7-15-9-22-13/h2-5,7-9H,6H2,1H3,(H,16,20). The Hall–Kier alpha value is -2.74. The summed E-state index contributed by atoms with van der Waals surface area (Å²) in [6.07, 6.45) is 3.31. The van der Waals surface area contributed by atoms with Gasteiger partial charge in [-0.1, -0.05) is 5.21 Å². The molecule has 0 aliphatic carbocycles. The monoisotopic (exact) mass is 315 g/mol. The second-order valence-electron chi connectivity index (χ2n) is 4.40. The van der Waals surface area contributed by atoms with Crippen molar-refractivity contribution in [3.63, 3.8) is 0 Å². The summed E-state index contributed by atoms with van der Waals surface area (Å²) >= 11 is 1.30. The summed E-state index contributed by atoms with van der Waals surface area (Å²) in [5.41, 5.74) is 3.16. The summed E-state index contributed by atoms with van der Waals surface area (Å²) in [4.78, 5) is 16.3. The van der Waals surface area contributed by atoms with Gasteiger partial charge in [-0.05, 0) is 24.3 Å². The molecule has 0 saturated heterocycles. The fourth-order valence-corrected chi connectivity index (χ4v) is 2.36. The molecule has 3 aromatic rings. The molecule has 1 N–H and O–H groups in total. The largest absolute Gasteiger partial charge is 0.497 e. The number of rotatable bonds is 5. The molecule has 1 amide bonds. The zero-order chi connectivity index (χ0) is 15.4.